The first-order valence-corrected chi connectivity index (χ1v) is 7.87. The van der Waals surface area contributed by atoms with Gasteiger partial charge < -0.3 is 14.6 Å². The number of ether oxygens (including phenoxy) is 1. The van der Waals surface area contributed by atoms with E-state index in [1.807, 2.05) is 24.3 Å². The summed E-state index contributed by atoms with van der Waals surface area (Å²) in [4.78, 5) is 4.62. The van der Waals surface area contributed by atoms with Crippen molar-refractivity contribution in [3.8, 4) is 0 Å². The molecular formula is C16H20ClN3O2. The fraction of sp³-hybridized carbons (Fsp3) is 0.500. The Labute approximate surface area is 135 Å². The number of aromatic nitrogens is 2. The van der Waals surface area contributed by atoms with Gasteiger partial charge in [-0.05, 0) is 43.6 Å². The van der Waals surface area contributed by atoms with Gasteiger partial charge in [-0.25, -0.2) is 0 Å². The number of nitrogens with one attached hydrogen (secondary N) is 1. The van der Waals surface area contributed by atoms with E-state index >= 15 is 0 Å². The van der Waals surface area contributed by atoms with Crippen molar-refractivity contribution < 1.29 is 9.26 Å². The van der Waals surface area contributed by atoms with Crippen LogP contribution in [0.1, 0.15) is 30.1 Å². The molecule has 1 aliphatic rings. The largest absolute Gasteiger partial charge is 0.384 e. The molecule has 118 valence electrons. The Morgan fingerprint density at radius 2 is 2.00 bits per heavy atom. The molecule has 0 radical (unpaired) electrons. The van der Waals surface area contributed by atoms with E-state index in [1.165, 1.54) is 0 Å². The van der Waals surface area contributed by atoms with Crippen LogP contribution in [0.5, 0.6) is 0 Å². The van der Waals surface area contributed by atoms with Crippen LogP contribution in [0.4, 0.5) is 0 Å². The summed E-state index contributed by atoms with van der Waals surface area (Å²) in [5.41, 5.74) is 0.952. The van der Waals surface area contributed by atoms with Crippen LogP contribution in [0.25, 0.3) is 0 Å². The van der Waals surface area contributed by atoms with Crippen LogP contribution in [-0.4, -0.2) is 36.9 Å². The summed E-state index contributed by atoms with van der Waals surface area (Å²) >= 11 is 5.90. The number of nitrogens with zero attached hydrogens (tertiary/aromatic N) is 2. The lowest BCUT2D eigenvalue weighted by atomic mass is 9.79. The summed E-state index contributed by atoms with van der Waals surface area (Å²) in [5.74, 6) is 1.39. The summed E-state index contributed by atoms with van der Waals surface area (Å²) in [7, 11) is 1.72. The topological polar surface area (TPSA) is 60.2 Å². The third kappa shape index (κ3) is 3.32. The molecule has 0 spiro atoms. The second kappa shape index (κ2) is 6.77. The molecule has 1 fully saturated rings. The number of piperidine rings is 1. The minimum Gasteiger partial charge on any atom is -0.384 e. The van der Waals surface area contributed by atoms with Crippen LogP contribution in [0.2, 0.25) is 5.02 Å². The Hall–Kier alpha value is -1.43. The van der Waals surface area contributed by atoms with E-state index in [1.54, 1.807) is 7.11 Å². The highest BCUT2D eigenvalue weighted by Gasteiger charge is 2.39. The zero-order valence-corrected chi connectivity index (χ0v) is 13.4. The molecule has 2 aromatic rings. The fourth-order valence-corrected chi connectivity index (χ4v) is 3.05. The lowest BCUT2D eigenvalue weighted by Gasteiger charge is -2.33. The van der Waals surface area contributed by atoms with Gasteiger partial charge in [0.2, 0.25) is 5.89 Å². The Kier molecular flexibility index (Phi) is 4.76. The minimum absolute atomic E-state index is 0.161. The Bertz CT molecular complexity index is 601. The average molecular weight is 322 g/mol. The van der Waals surface area contributed by atoms with Crippen LogP contribution in [0.15, 0.2) is 28.8 Å². The summed E-state index contributed by atoms with van der Waals surface area (Å²) < 4.78 is 11.0. The second-order valence-corrected chi connectivity index (χ2v) is 6.22. The highest BCUT2D eigenvalue weighted by Crippen LogP contribution is 2.32. The van der Waals surface area contributed by atoms with Crippen LogP contribution >= 0.6 is 11.6 Å². The summed E-state index contributed by atoms with van der Waals surface area (Å²) in [6.07, 6.45) is 2.54. The van der Waals surface area contributed by atoms with Gasteiger partial charge in [-0.1, -0.05) is 28.9 Å². The SMILES string of the molecule is COCC1(c2nc(Cc3ccc(Cl)cc3)no2)CCNCC1. The molecule has 0 unspecified atom stereocenters. The number of hydrogen-bond donors (Lipinski definition) is 1. The molecule has 1 saturated heterocycles. The molecule has 22 heavy (non-hydrogen) atoms. The van der Waals surface area contributed by atoms with E-state index in [9.17, 15) is 0 Å². The van der Waals surface area contributed by atoms with Crippen LogP contribution in [-0.2, 0) is 16.6 Å². The second-order valence-electron chi connectivity index (χ2n) is 5.78. The van der Waals surface area contributed by atoms with Crippen molar-refractivity contribution in [2.75, 3.05) is 26.8 Å². The van der Waals surface area contributed by atoms with Gasteiger partial charge in [0.15, 0.2) is 5.82 Å². The van der Waals surface area contributed by atoms with Gasteiger partial charge in [-0.2, -0.15) is 4.98 Å². The maximum absolute atomic E-state index is 5.90. The minimum atomic E-state index is -0.161. The quantitative estimate of drug-likeness (QED) is 0.917. The average Bonchev–Trinajstić information content (AvgIpc) is 3.00. The van der Waals surface area contributed by atoms with Crippen molar-refractivity contribution in [3.63, 3.8) is 0 Å². The summed E-state index contributed by atoms with van der Waals surface area (Å²) in [6.45, 7) is 2.49. The number of methoxy groups -OCH3 is 1. The summed E-state index contributed by atoms with van der Waals surface area (Å²) in [5, 5.41) is 8.23. The Morgan fingerprint density at radius 1 is 1.27 bits per heavy atom. The molecule has 1 N–H and O–H groups in total. The van der Waals surface area contributed by atoms with E-state index in [0.29, 0.717) is 24.7 Å². The molecule has 0 aliphatic carbocycles. The first-order chi connectivity index (χ1) is 10.7. The Balaban J connectivity index is 1.78. The monoisotopic (exact) mass is 321 g/mol. The molecule has 1 aromatic carbocycles. The van der Waals surface area contributed by atoms with Gasteiger partial charge in [0.25, 0.3) is 0 Å². The molecule has 1 aliphatic heterocycles. The van der Waals surface area contributed by atoms with Crippen molar-refractivity contribution in [2.45, 2.75) is 24.7 Å². The van der Waals surface area contributed by atoms with Crippen molar-refractivity contribution in [1.82, 2.24) is 15.5 Å². The van der Waals surface area contributed by atoms with Gasteiger partial charge in [0.05, 0.1) is 12.0 Å². The number of hydrogen-bond acceptors (Lipinski definition) is 5. The van der Waals surface area contributed by atoms with E-state index < -0.39 is 0 Å². The fourth-order valence-electron chi connectivity index (χ4n) is 2.93. The standard InChI is InChI=1S/C16H20ClN3O2/c1-21-11-16(6-8-18-9-7-16)15-19-14(20-22-15)10-12-2-4-13(17)5-3-12/h2-5,18H,6-11H2,1H3. The normalized spacial score (nSPS) is 17.5. The van der Waals surface area contributed by atoms with Crippen LogP contribution < -0.4 is 5.32 Å². The number of rotatable bonds is 5. The van der Waals surface area contributed by atoms with Crippen molar-refractivity contribution in [1.29, 1.82) is 0 Å². The zero-order valence-electron chi connectivity index (χ0n) is 12.6. The van der Waals surface area contributed by atoms with Crippen molar-refractivity contribution in [3.05, 3.63) is 46.6 Å². The first kappa shape index (κ1) is 15.5. The van der Waals surface area contributed by atoms with Gasteiger partial charge in [-0.15, -0.1) is 0 Å². The molecule has 1 aromatic heterocycles. The third-order valence-corrected chi connectivity index (χ3v) is 4.43. The molecule has 0 atom stereocenters. The molecule has 0 amide bonds. The van der Waals surface area contributed by atoms with E-state index in [0.717, 1.165) is 36.5 Å². The van der Waals surface area contributed by atoms with Gasteiger partial charge in [0, 0.05) is 18.6 Å². The first-order valence-electron chi connectivity index (χ1n) is 7.49. The lowest BCUT2D eigenvalue weighted by Crippen LogP contribution is -2.43. The highest BCUT2D eigenvalue weighted by atomic mass is 35.5. The molecular weight excluding hydrogens is 302 g/mol. The van der Waals surface area contributed by atoms with Gasteiger partial charge >= 0.3 is 0 Å². The maximum atomic E-state index is 5.90. The predicted octanol–water partition coefficient (Wildman–Crippen LogP) is 2.58. The predicted molar refractivity (Wildman–Crippen MR) is 84.2 cm³/mol. The van der Waals surface area contributed by atoms with Crippen LogP contribution in [0.3, 0.4) is 0 Å². The molecule has 5 nitrogen and oxygen atoms in total. The maximum Gasteiger partial charge on any atom is 0.235 e. The van der Waals surface area contributed by atoms with Gasteiger partial charge in [-0.3, -0.25) is 0 Å². The molecule has 3 rings (SSSR count). The van der Waals surface area contributed by atoms with E-state index in [4.69, 9.17) is 20.9 Å². The number of benzene rings is 1. The smallest absolute Gasteiger partial charge is 0.235 e. The third-order valence-electron chi connectivity index (χ3n) is 4.18. The highest BCUT2D eigenvalue weighted by molar-refractivity contribution is 6.30. The summed E-state index contributed by atoms with van der Waals surface area (Å²) in [6, 6.07) is 7.70. The molecule has 6 heteroatoms. The number of halogens is 1. The molecule has 0 bridgehead atoms. The Morgan fingerprint density at radius 3 is 2.68 bits per heavy atom. The van der Waals surface area contributed by atoms with E-state index in [2.05, 4.69) is 15.5 Å². The van der Waals surface area contributed by atoms with Crippen molar-refractivity contribution in [2.24, 2.45) is 0 Å². The van der Waals surface area contributed by atoms with Gasteiger partial charge in [0.1, 0.15) is 0 Å². The molecule has 2 heterocycles. The molecule has 0 saturated carbocycles. The zero-order chi connectivity index (χ0) is 15.4. The van der Waals surface area contributed by atoms with Crippen LogP contribution in [0, 0.1) is 0 Å². The lowest BCUT2D eigenvalue weighted by molar-refractivity contribution is 0.0849. The van der Waals surface area contributed by atoms with E-state index in [-0.39, 0.29) is 5.41 Å². The van der Waals surface area contributed by atoms with Crippen molar-refractivity contribution >= 4 is 11.6 Å².